The summed E-state index contributed by atoms with van der Waals surface area (Å²) < 4.78 is 15.7. The van der Waals surface area contributed by atoms with Crippen LogP contribution in [-0.4, -0.2) is 15.4 Å². The number of imidazole rings is 1. The van der Waals surface area contributed by atoms with Crippen LogP contribution < -0.4 is 0 Å². The van der Waals surface area contributed by atoms with Crippen molar-refractivity contribution in [2.45, 2.75) is 6.42 Å². The summed E-state index contributed by atoms with van der Waals surface area (Å²) in [5.41, 5.74) is 2.13. The molecule has 0 aliphatic heterocycles. The standard InChI is InChI=1S/C16H11ClFN3/c17-9-8-16-20-13-5-1-2-6-15(13)21(16)14-7-3-4-12(18)11(14)10-19/h1-7H,8-9H2. The molecule has 0 aliphatic carbocycles. The van der Waals surface area contributed by atoms with E-state index in [9.17, 15) is 9.65 Å². The first-order valence-corrected chi connectivity index (χ1v) is 7.01. The monoisotopic (exact) mass is 299 g/mol. The van der Waals surface area contributed by atoms with Gasteiger partial charge in [0.2, 0.25) is 0 Å². The third-order valence-electron chi connectivity index (χ3n) is 3.29. The summed E-state index contributed by atoms with van der Waals surface area (Å²) in [6, 6.07) is 14.1. The van der Waals surface area contributed by atoms with Gasteiger partial charge < -0.3 is 0 Å². The van der Waals surface area contributed by atoms with Gasteiger partial charge in [-0.2, -0.15) is 5.26 Å². The van der Waals surface area contributed by atoms with Gasteiger partial charge >= 0.3 is 0 Å². The molecule has 0 amide bonds. The van der Waals surface area contributed by atoms with Crippen molar-refractivity contribution in [3.63, 3.8) is 0 Å². The topological polar surface area (TPSA) is 41.6 Å². The Morgan fingerprint density at radius 2 is 2.00 bits per heavy atom. The lowest BCUT2D eigenvalue weighted by molar-refractivity contribution is 0.622. The van der Waals surface area contributed by atoms with Crippen LogP contribution in [0.25, 0.3) is 16.7 Å². The zero-order valence-electron chi connectivity index (χ0n) is 11.1. The minimum atomic E-state index is -0.537. The molecule has 3 rings (SSSR count). The molecule has 0 unspecified atom stereocenters. The number of halogens is 2. The van der Waals surface area contributed by atoms with Crippen molar-refractivity contribution in [3.05, 3.63) is 59.7 Å². The number of fused-ring (bicyclic) bond motifs is 1. The first-order valence-electron chi connectivity index (χ1n) is 6.47. The highest BCUT2D eigenvalue weighted by atomic mass is 35.5. The summed E-state index contributed by atoms with van der Waals surface area (Å²) in [4.78, 5) is 4.53. The lowest BCUT2D eigenvalue weighted by Crippen LogP contribution is -2.05. The molecule has 0 aliphatic rings. The van der Waals surface area contributed by atoms with Gasteiger partial charge in [0.25, 0.3) is 0 Å². The largest absolute Gasteiger partial charge is 0.295 e. The molecule has 0 spiro atoms. The van der Waals surface area contributed by atoms with E-state index in [2.05, 4.69) is 4.98 Å². The predicted molar refractivity (Wildman–Crippen MR) is 80.2 cm³/mol. The summed E-state index contributed by atoms with van der Waals surface area (Å²) >= 11 is 5.84. The number of aryl methyl sites for hydroxylation is 1. The molecule has 1 heterocycles. The summed E-state index contributed by atoms with van der Waals surface area (Å²) in [6.07, 6.45) is 0.539. The van der Waals surface area contributed by atoms with Crippen LogP contribution in [0.4, 0.5) is 4.39 Å². The van der Waals surface area contributed by atoms with Crippen molar-refractivity contribution >= 4 is 22.6 Å². The van der Waals surface area contributed by atoms with E-state index < -0.39 is 5.82 Å². The minimum absolute atomic E-state index is 0.0106. The molecule has 21 heavy (non-hydrogen) atoms. The Labute approximate surface area is 126 Å². The van der Waals surface area contributed by atoms with Crippen LogP contribution in [0, 0.1) is 17.1 Å². The second-order valence-electron chi connectivity index (χ2n) is 4.54. The lowest BCUT2D eigenvalue weighted by Gasteiger charge is -2.10. The van der Waals surface area contributed by atoms with E-state index in [0.717, 1.165) is 11.0 Å². The average Bonchev–Trinajstić information content (AvgIpc) is 2.85. The Morgan fingerprint density at radius 1 is 1.19 bits per heavy atom. The van der Waals surface area contributed by atoms with Gasteiger partial charge in [0.1, 0.15) is 23.3 Å². The summed E-state index contributed by atoms with van der Waals surface area (Å²) in [7, 11) is 0. The van der Waals surface area contributed by atoms with Gasteiger partial charge in [0, 0.05) is 12.3 Å². The number of benzene rings is 2. The Kier molecular flexibility index (Phi) is 3.59. The molecule has 3 aromatic rings. The SMILES string of the molecule is N#Cc1c(F)cccc1-n1c(CCCl)nc2ccccc21. The van der Waals surface area contributed by atoms with Crippen LogP contribution in [0.1, 0.15) is 11.4 Å². The molecule has 104 valence electrons. The van der Waals surface area contributed by atoms with Gasteiger partial charge in [0.15, 0.2) is 0 Å². The third kappa shape index (κ3) is 2.26. The summed E-state index contributed by atoms with van der Waals surface area (Å²) in [6.45, 7) is 0. The smallest absolute Gasteiger partial charge is 0.143 e. The Balaban J connectivity index is 2.36. The Morgan fingerprint density at radius 3 is 2.76 bits per heavy atom. The van der Waals surface area contributed by atoms with Gasteiger partial charge in [-0.05, 0) is 24.3 Å². The quantitative estimate of drug-likeness (QED) is 0.690. The highest BCUT2D eigenvalue weighted by Crippen LogP contribution is 2.25. The van der Waals surface area contributed by atoms with Crippen molar-refractivity contribution in [1.82, 2.24) is 9.55 Å². The maximum atomic E-state index is 13.9. The predicted octanol–water partition coefficient (Wildman–Crippen LogP) is 3.82. The third-order valence-corrected chi connectivity index (χ3v) is 3.48. The number of alkyl halides is 1. The molecule has 5 heteroatoms. The average molecular weight is 300 g/mol. The number of hydrogen-bond acceptors (Lipinski definition) is 2. The van der Waals surface area contributed by atoms with Crippen LogP contribution >= 0.6 is 11.6 Å². The number of rotatable bonds is 3. The Bertz CT molecular complexity index is 848. The molecule has 0 N–H and O–H groups in total. The molecular weight excluding hydrogens is 289 g/mol. The maximum Gasteiger partial charge on any atom is 0.143 e. The fourth-order valence-corrected chi connectivity index (χ4v) is 2.58. The molecule has 0 saturated heterocycles. The maximum absolute atomic E-state index is 13.9. The van der Waals surface area contributed by atoms with E-state index in [1.54, 1.807) is 16.7 Å². The molecule has 0 bridgehead atoms. The van der Waals surface area contributed by atoms with Gasteiger partial charge in [-0.1, -0.05) is 18.2 Å². The number of aromatic nitrogens is 2. The highest BCUT2D eigenvalue weighted by molar-refractivity contribution is 6.17. The van der Waals surface area contributed by atoms with Crippen LogP contribution in [0.2, 0.25) is 0 Å². The lowest BCUT2D eigenvalue weighted by atomic mass is 10.1. The second-order valence-corrected chi connectivity index (χ2v) is 4.91. The van der Waals surface area contributed by atoms with Crippen LogP contribution in [0.15, 0.2) is 42.5 Å². The number of hydrogen-bond donors (Lipinski definition) is 0. The van der Waals surface area contributed by atoms with E-state index in [1.807, 2.05) is 30.3 Å². The van der Waals surface area contributed by atoms with Gasteiger partial charge in [0.05, 0.1) is 16.7 Å². The zero-order valence-corrected chi connectivity index (χ0v) is 11.8. The molecule has 0 radical (unpaired) electrons. The van der Waals surface area contributed by atoms with Crippen molar-refractivity contribution in [2.75, 3.05) is 5.88 Å². The summed E-state index contributed by atoms with van der Waals surface area (Å²) in [5.74, 6) is 0.582. The fraction of sp³-hybridized carbons (Fsp3) is 0.125. The van der Waals surface area contributed by atoms with Crippen molar-refractivity contribution < 1.29 is 4.39 Å². The molecule has 1 aromatic heterocycles. The molecular formula is C16H11ClFN3. The van der Waals surface area contributed by atoms with Crippen LogP contribution in [0.5, 0.6) is 0 Å². The van der Waals surface area contributed by atoms with Crippen molar-refractivity contribution in [3.8, 4) is 11.8 Å². The molecule has 0 fully saturated rings. The normalized spacial score (nSPS) is 10.7. The molecule has 3 nitrogen and oxygen atoms in total. The first-order chi connectivity index (χ1) is 10.3. The Hall–Kier alpha value is -2.38. The van der Waals surface area contributed by atoms with E-state index in [1.165, 1.54) is 6.07 Å². The van der Waals surface area contributed by atoms with Crippen molar-refractivity contribution in [2.24, 2.45) is 0 Å². The van der Waals surface area contributed by atoms with E-state index in [0.29, 0.717) is 23.8 Å². The highest BCUT2D eigenvalue weighted by Gasteiger charge is 2.16. The second kappa shape index (κ2) is 5.55. The number of nitrogens with zero attached hydrogens (tertiary/aromatic N) is 3. The first kappa shape index (κ1) is 13.6. The van der Waals surface area contributed by atoms with E-state index in [4.69, 9.17) is 11.6 Å². The van der Waals surface area contributed by atoms with Gasteiger partial charge in [-0.15, -0.1) is 11.6 Å². The van der Waals surface area contributed by atoms with Crippen LogP contribution in [0.3, 0.4) is 0 Å². The number of nitriles is 1. The minimum Gasteiger partial charge on any atom is -0.295 e. The van der Waals surface area contributed by atoms with E-state index in [-0.39, 0.29) is 5.56 Å². The fourth-order valence-electron chi connectivity index (χ4n) is 2.41. The summed E-state index contributed by atoms with van der Waals surface area (Å²) in [5, 5.41) is 9.24. The number of para-hydroxylation sites is 2. The zero-order chi connectivity index (χ0) is 14.8. The van der Waals surface area contributed by atoms with E-state index >= 15 is 0 Å². The van der Waals surface area contributed by atoms with Crippen molar-refractivity contribution in [1.29, 1.82) is 5.26 Å². The molecule has 0 atom stereocenters. The van der Waals surface area contributed by atoms with Gasteiger partial charge in [-0.25, -0.2) is 9.37 Å². The molecule has 2 aromatic carbocycles. The molecule has 0 saturated carbocycles. The van der Waals surface area contributed by atoms with Gasteiger partial charge in [-0.3, -0.25) is 4.57 Å². The van der Waals surface area contributed by atoms with Crippen LogP contribution in [-0.2, 0) is 6.42 Å².